The van der Waals surface area contributed by atoms with Crippen LogP contribution in [0.3, 0.4) is 0 Å². The van der Waals surface area contributed by atoms with Gasteiger partial charge in [-0.05, 0) is 24.7 Å². The molecule has 7 heteroatoms. The summed E-state index contributed by atoms with van der Waals surface area (Å²) in [7, 11) is 1.56. The van der Waals surface area contributed by atoms with E-state index in [1.807, 2.05) is 9.80 Å². The Labute approximate surface area is 150 Å². The number of morpholine rings is 1. The topological polar surface area (TPSA) is 62.3 Å². The van der Waals surface area contributed by atoms with Gasteiger partial charge < -0.3 is 19.3 Å². The molecule has 142 valence electrons. The molecule has 0 aromatic carbocycles. The summed E-state index contributed by atoms with van der Waals surface area (Å²) in [5.74, 6) is 1.22. The maximum absolute atomic E-state index is 12.6. The summed E-state index contributed by atoms with van der Waals surface area (Å²) in [6.45, 7) is 7.76. The van der Waals surface area contributed by atoms with Gasteiger partial charge in [-0.3, -0.25) is 14.5 Å². The van der Waals surface area contributed by atoms with Crippen molar-refractivity contribution in [2.24, 2.45) is 11.8 Å². The lowest BCUT2D eigenvalue weighted by Gasteiger charge is -2.37. The van der Waals surface area contributed by atoms with Crippen molar-refractivity contribution >= 4 is 11.8 Å². The van der Waals surface area contributed by atoms with E-state index < -0.39 is 0 Å². The van der Waals surface area contributed by atoms with Crippen molar-refractivity contribution < 1.29 is 19.1 Å². The molecule has 7 nitrogen and oxygen atoms in total. The maximum Gasteiger partial charge on any atom is 0.248 e. The van der Waals surface area contributed by atoms with Crippen molar-refractivity contribution in [3.05, 3.63) is 0 Å². The highest BCUT2D eigenvalue weighted by molar-refractivity contribution is 5.78. The van der Waals surface area contributed by atoms with E-state index in [4.69, 9.17) is 9.47 Å². The fourth-order valence-corrected chi connectivity index (χ4v) is 4.24. The zero-order chi connectivity index (χ0) is 17.6. The fourth-order valence-electron chi connectivity index (χ4n) is 4.24. The SMILES string of the molecule is COCC(=O)N1CCC2CC(=O)N(CCN3CCOCC3)CCC2C1. The normalized spacial score (nSPS) is 28.6. The molecule has 0 aromatic heterocycles. The summed E-state index contributed by atoms with van der Waals surface area (Å²) >= 11 is 0. The number of fused-ring (bicyclic) bond motifs is 1. The Morgan fingerprint density at radius 3 is 2.64 bits per heavy atom. The zero-order valence-electron chi connectivity index (χ0n) is 15.3. The lowest BCUT2D eigenvalue weighted by Crippen LogP contribution is -2.45. The molecule has 3 rings (SSSR count). The average molecular weight is 353 g/mol. The summed E-state index contributed by atoms with van der Waals surface area (Å²) < 4.78 is 10.4. The third-order valence-corrected chi connectivity index (χ3v) is 5.86. The van der Waals surface area contributed by atoms with Crippen LogP contribution >= 0.6 is 0 Å². The van der Waals surface area contributed by atoms with Gasteiger partial charge in [-0.25, -0.2) is 0 Å². The molecule has 2 atom stereocenters. The average Bonchev–Trinajstić information content (AvgIpc) is 2.79. The van der Waals surface area contributed by atoms with Crippen molar-refractivity contribution in [2.45, 2.75) is 19.3 Å². The van der Waals surface area contributed by atoms with Gasteiger partial charge >= 0.3 is 0 Å². The van der Waals surface area contributed by atoms with Crippen LogP contribution in [0.4, 0.5) is 0 Å². The molecular formula is C18H31N3O4. The van der Waals surface area contributed by atoms with Gasteiger partial charge in [0.25, 0.3) is 0 Å². The number of nitrogens with zero attached hydrogens (tertiary/aromatic N) is 3. The molecule has 0 spiro atoms. The van der Waals surface area contributed by atoms with Crippen LogP contribution < -0.4 is 0 Å². The van der Waals surface area contributed by atoms with Crippen molar-refractivity contribution in [2.75, 3.05) is 72.7 Å². The third-order valence-electron chi connectivity index (χ3n) is 5.86. The number of hydrogen-bond acceptors (Lipinski definition) is 5. The van der Waals surface area contributed by atoms with Gasteiger partial charge in [0.05, 0.1) is 13.2 Å². The van der Waals surface area contributed by atoms with E-state index in [0.29, 0.717) is 18.3 Å². The number of amides is 2. The minimum Gasteiger partial charge on any atom is -0.379 e. The molecule has 0 N–H and O–H groups in total. The Balaban J connectivity index is 1.50. The summed E-state index contributed by atoms with van der Waals surface area (Å²) in [5, 5.41) is 0. The lowest BCUT2D eigenvalue weighted by atomic mass is 9.82. The third kappa shape index (κ3) is 4.92. The van der Waals surface area contributed by atoms with E-state index in [1.54, 1.807) is 7.11 Å². The quantitative estimate of drug-likeness (QED) is 0.699. The molecule has 3 aliphatic heterocycles. The van der Waals surface area contributed by atoms with Crippen molar-refractivity contribution in [1.82, 2.24) is 14.7 Å². The van der Waals surface area contributed by atoms with Gasteiger partial charge in [0.1, 0.15) is 6.61 Å². The first kappa shape index (κ1) is 18.6. The van der Waals surface area contributed by atoms with E-state index in [1.165, 1.54) is 0 Å². The van der Waals surface area contributed by atoms with E-state index in [2.05, 4.69) is 4.90 Å². The van der Waals surface area contributed by atoms with Crippen molar-refractivity contribution in [1.29, 1.82) is 0 Å². The molecule has 3 aliphatic rings. The van der Waals surface area contributed by atoms with Gasteiger partial charge in [-0.15, -0.1) is 0 Å². The molecular weight excluding hydrogens is 322 g/mol. The number of likely N-dealkylation sites (tertiary alicyclic amines) is 2. The molecule has 2 unspecified atom stereocenters. The van der Waals surface area contributed by atoms with Crippen LogP contribution in [0, 0.1) is 11.8 Å². The number of ether oxygens (including phenoxy) is 2. The molecule has 0 aromatic rings. The van der Waals surface area contributed by atoms with E-state index in [-0.39, 0.29) is 18.4 Å². The summed E-state index contributed by atoms with van der Waals surface area (Å²) in [4.78, 5) is 31.0. The van der Waals surface area contributed by atoms with Crippen LogP contribution in [-0.2, 0) is 19.1 Å². The molecule has 2 amide bonds. The largest absolute Gasteiger partial charge is 0.379 e. The maximum atomic E-state index is 12.6. The first-order valence-electron chi connectivity index (χ1n) is 9.52. The number of rotatable bonds is 5. The number of methoxy groups -OCH3 is 1. The summed E-state index contributed by atoms with van der Waals surface area (Å²) in [6.07, 6.45) is 2.57. The van der Waals surface area contributed by atoms with Crippen LogP contribution in [0.25, 0.3) is 0 Å². The molecule has 0 saturated carbocycles. The zero-order valence-corrected chi connectivity index (χ0v) is 15.3. The number of carbonyl (C=O) groups is 2. The molecule has 3 fully saturated rings. The van der Waals surface area contributed by atoms with Gasteiger partial charge in [0.2, 0.25) is 11.8 Å². The van der Waals surface area contributed by atoms with Crippen LogP contribution in [-0.4, -0.2) is 99.3 Å². The standard InChI is InChI=1S/C18H31N3O4/c1-24-14-18(23)21-5-2-15-12-17(22)20(4-3-16(15)13-21)7-6-19-8-10-25-11-9-19/h15-16H,2-14H2,1H3. The Hall–Kier alpha value is -1.18. The molecule has 3 saturated heterocycles. The van der Waals surface area contributed by atoms with Gasteiger partial charge in [0, 0.05) is 59.3 Å². The lowest BCUT2D eigenvalue weighted by molar-refractivity contribution is -0.138. The van der Waals surface area contributed by atoms with Gasteiger partial charge in [-0.2, -0.15) is 0 Å². The van der Waals surface area contributed by atoms with E-state index in [0.717, 1.165) is 71.9 Å². The second kappa shape index (κ2) is 8.96. The highest BCUT2D eigenvalue weighted by Gasteiger charge is 2.36. The van der Waals surface area contributed by atoms with Gasteiger partial charge in [-0.1, -0.05) is 0 Å². The first-order chi connectivity index (χ1) is 12.2. The van der Waals surface area contributed by atoms with E-state index >= 15 is 0 Å². The number of hydrogen-bond donors (Lipinski definition) is 0. The predicted octanol–water partition coefficient (Wildman–Crippen LogP) is 0.0521. The monoisotopic (exact) mass is 353 g/mol. The minimum absolute atomic E-state index is 0.0701. The van der Waals surface area contributed by atoms with E-state index in [9.17, 15) is 9.59 Å². The van der Waals surface area contributed by atoms with Crippen LogP contribution in [0.1, 0.15) is 19.3 Å². The number of carbonyl (C=O) groups excluding carboxylic acids is 2. The summed E-state index contributed by atoms with van der Waals surface area (Å²) in [6, 6.07) is 0. The first-order valence-corrected chi connectivity index (χ1v) is 9.52. The van der Waals surface area contributed by atoms with Crippen LogP contribution in [0.5, 0.6) is 0 Å². The molecule has 0 aliphatic carbocycles. The highest BCUT2D eigenvalue weighted by atomic mass is 16.5. The van der Waals surface area contributed by atoms with Crippen molar-refractivity contribution in [3.8, 4) is 0 Å². The Bertz CT molecular complexity index is 467. The summed E-state index contributed by atoms with van der Waals surface area (Å²) in [5.41, 5.74) is 0. The smallest absolute Gasteiger partial charge is 0.248 e. The molecule has 25 heavy (non-hydrogen) atoms. The van der Waals surface area contributed by atoms with Crippen molar-refractivity contribution in [3.63, 3.8) is 0 Å². The minimum atomic E-state index is 0.0701. The van der Waals surface area contributed by atoms with Gasteiger partial charge in [0.15, 0.2) is 0 Å². The highest BCUT2D eigenvalue weighted by Crippen LogP contribution is 2.32. The van der Waals surface area contributed by atoms with Crippen LogP contribution in [0.15, 0.2) is 0 Å². The molecule has 0 bridgehead atoms. The van der Waals surface area contributed by atoms with Crippen LogP contribution in [0.2, 0.25) is 0 Å². The molecule has 3 heterocycles. The fraction of sp³-hybridized carbons (Fsp3) is 0.889. The Morgan fingerprint density at radius 1 is 1.12 bits per heavy atom. The second-order valence-corrected chi connectivity index (χ2v) is 7.41. The predicted molar refractivity (Wildman–Crippen MR) is 93.1 cm³/mol. The second-order valence-electron chi connectivity index (χ2n) is 7.41. The number of piperidine rings is 1. The Morgan fingerprint density at radius 2 is 1.88 bits per heavy atom. The molecule has 0 radical (unpaired) electrons. The Kier molecular flexibility index (Phi) is 6.67.